The van der Waals surface area contributed by atoms with Crippen molar-refractivity contribution < 1.29 is 0 Å². The Labute approximate surface area is 142 Å². The van der Waals surface area contributed by atoms with Gasteiger partial charge in [-0.3, -0.25) is 4.90 Å². The third-order valence-corrected chi connectivity index (χ3v) is 5.28. The SMILES string of the molecule is CCCCCCCCN(CCCCCCCC)C(C)(C)CC. The van der Waals surface area contributed by atoms with Crippen LogP contribution in [0.1, 0.15) is 118 Å². The van der Waals surface area contributed by atoms with Gasteiger partial charge in [0, 0.05) is 5.54 Å². The first kappa shape index (κ1) is 22.0. The van der Waals surface area contributed by atoms with Crippen LogP contribution in [0, 0.1) is 0 Å². The number of hydrogen-bond donors (Lipinski definition) is 0. The summed E-state index contributed by atoms with van der Waals surface area (Å²) in [4.78, 5) is 2.77. The van der Waals surface area contributed by atoms with E-state index >= 15 is 0 Å². The van der Waals surface area contributed by atoms with Gasteiger partial charge < -0.3 is 0 Å². The predicted octanol–water partition coefficient (Wildman–Crippen LogP) is 7.20. The molecule has 22 heavy (non-hydrogen) atoms. The van der Waals surface area contributed by atoms with Crippen LogP contribution in [0.5, 0.6) is 0 Å². The normalized spacial score (nSPS) is 12.3. The Morgan fingerprint density at radius 3 is 1.27 bits per heavy atom. The van der Waals surface area contributed by atoms with Crippen LogP contribution in [-0.2, 0) is 0 Å². The Hall–Kier alpha value is -0.0400. The van der Waals surface area contributed by atoms with E-state index in [0.29, 0.717) is 5.54 Å². The summed E-state index contributed by atoms with van der Waals surface area (Å²) >= 11 is 0. The molecule has 0 rings (SSSR count). The van der Waals surface area contributed by atoms with Gasteiger partial charge in [-0.05, 0) is 46.2 Å². The lowest BCUT2D eigenvalue weighted by molar-refractivity contribution is 0.110. The molecule has 0 amide bonds. The van der Waals surface area contributed by atoms with Gasteiger partial charge in [0.2, 0.25) is 0 Å². The highest BCUT2D eigenvalue weighted by atomic mass is 15.2. The van der Waals surface area contributed by atoms with Crippen molar-refractivity contribution in [1.29, 1.82) is 0 Å². The second-order valence-corrected chi connectivity index (χ2v) is 7.69. The largest absolute Gasteiger partial charge is 0.298 e. The van der Waals surface area contributed by atoms with Crippen molar-refractivity contribution in [2.45, 2.75) is 124 Å². The van der Waals surface area contributed by atoms with E-state index in [0.717, 1.165) is 0 Å². The molecule has 0 aromatic carbocycles. The lowest BCUT2D eigenvalue weighted by Crippen LogP contribution is -2.44. The molecule has 0 atom stereocenters. The molecule has 0 heterocycles. The Morgan fingerprint density at radius 2 is 0.909 bits per heavy atom. The molecule has 0 saturated heterocycles. The summed E-state index contributed by atoms with van der Waals surface area (Å²) in [6, 6.07) is 0. The first-order chi connectivity index (χ1) is 10.6. The third-order valence-electron chi connectivity index (χ3n) is 5.28. The quantitative estimate of drug-likeness (QED) is 0.272. The fraction of sp³-hybridized carbons (Fsp3) is 1.00. The van der Waals surface area contributed by atoms with E-state index in [1.54, 1.807) is 0 Å². The van der Waals surface area contributed by atoms with Crippen LogP contribution >= 0.6 is 0 Å². The molecular weight excluding hydrogens is 266 g/mol. The van der Waals surface area contributed by atoms with Gasteiger partial charge in [-0.1, -0.05) is 85.0 Å². The molecule has 1 heteroatoms. The Morgan fingerprint density at radius 1 is 0.545 bits per heavy atom. The molecule has 1 nitrogen and oxygen atoms in total. The fourth-order valence-corrected chi connectivity index (χ4v) is 3.11. The molecule has 0 aliphatic heterocycles. The zero-order valence-electron chi connectivity index (χ0n) is 16.6. The smallest absolute Gasteiger partial charge is 0.0150 e. The van der Waals surface area contributed by atoms with E-state index in [4.69, 9.17) is 0 Å². The van der Waals surface area contributed by atoms with E-state index in [2.05, 4.69) is 39.5 Å². The molecule has 0 aromatic heterocycles. The molecule has 0 bridgehead atoms. The second-order valence-electron chi connectivity index (χ2n) is 7.69. The molecule has 0 aliphatic carbocycles. The van der Waals surface area contributed by atoms with Crippen LogP contribution in [0.25, 0.3) is 0 Å². The van der Waals surface area contributed by atoms with Crippen molar-refractivity contribution in [2.75, 3.05) is 13.1 Å². The average molecular weight is 312 g/mol. The minimum atomic E-state index is 0.382. The van der Waals surface area contributed by atoms with Crippen LogP contribution in [-0.4, -0.2) is 23.5 Å². The number of hydrogen-bond acceptors (Lipinski definition) is 1. The van der Waals surface area contributed by atoms with Crippen LogP contribution in [0.4, 0.5) is 0 Å². The number of unbranched alkanes of at least 4 members (excludes halogenated alkanes) is 10. The van der Waals surface area contributed by atoms with Gasteiger partial charge >= 0.3 is 0 Å². The van der Waals surface area contributed by atoms with Crippen LogP contribution in [0.3, 0.4) is 0 Å². The molecule has 0 radical (unpaired) electrons. The van der Waals surface area contributed by atoms with Crippen molar-refractivity contribution in [3.05, 3.63) is 0 Å². The lowest BCUT2D eigenvalue weighted by atomic mass is 9.97. The molecule has 134 valence electrons. The van der Waals surface area contributed by atoms with Gasteiger partial charge in [0.25, 0.3) is 0 Å². The molecular formula is C21H45N. The third kappa shape index (κ3) is 11.5. The number of rotatable bonds is 16. The van der Waals surface area contributed by atoms with Gasteiger partial charge in [0.05, 0.1) is 0 Å². The summed E-state index contributed by atoms with van der Waals surface area (Å²) in [6.07, 6.45) is 18.2. The molecule has 0 unspecified atom stereocenters. The van der Waals surface area contributed by atoms with Crippen molar-refractivity contribution in [2.24, 2.45) is 0 Å². The predicted molar refractivity (Wildman–Crippen MR) is 103 cm³/mol. The van der Waals surface area contributed by atoms with Gasteiger partial charge in [-0.25, -0.2) is 0 Å². The molecule has 0 aliphatic rings. The first-order valence-corrected chi connectivity index (χ1v) is 10.3. The maximum atomic E-state index is 2.77. The fourth-order valence-electron chi connectivity index (χ4n) is 3.11. The van der Waals surface area contributed by atoms with E-state index in [1.807, 2.05) is 0 Å². The second kappa shape index (κ2) is 14.5. The van der Waals surface area contributed by atoms with E-state index in [1.165, 1.54) is 96.6 Å². The average Bonchev–Trinajstić information content (AvgIpc) is 2.51. The Bertz CT molecular complexity index is 206. The molecule has 0 spiro atoms. The van der Waals surface area contributed by atoms with E-state index in [9.17, 15) is 0 Å². The van der Waals surface area contributed by atoms with Gasteiger partial charge in [0.15, 0.2) is 0 Å². The highest BCUT2D eigenvalue weighted by Gasteiger charge is 2.23. The first-order valence-electron chi connectivity index (χ1n) is 10.3. The van der Waals surface area contributed by atoms with Crippen molar-refractivity contribution in [1.82, 2.24) is 4.90 Å². The van der Waals surface area contributed by atoms with Crippen LogP contribution < -0.4 is 0 Å². The Kier molecular flexibility index (Phi) is 14.5. The monoisotopic (exact) mass is 311 g/mol. The van der Waals surface area contributed by atoms with Crippen molar-refractivity contribution >= 4 is 0 Å². The van der Waals surface area contributed by atoms with Gasteiger partial charge in [0.1, 0.15) is 0 Å². The van der Waals surface area contributed by atoms with Crippen LogP contribution in [0.2, 0.25) is 0 Å². The van der Waals surface area contributed by atoms with Crippen molar-refractivity contribution in [3.63, 3.8) is 0 Å². The summed E-state index contributed by atoms with van der Waals surface area (Å²) in [7, 11) is 0. The highest BCUT2D eigenvalue weighted by Crippen LogP contribution is 2.21. The van der Waals surface area contributed by atoms with E-state index in [-0.39, 0.29) is 0 Å². The minimum absolute atomic E-state index is 0.382. The summed E-state index contributed by atoms with van der Waals surface area (Å²) in [6.45, 7) is 14.4. The Balaban J connectivity index is 3.91. The minimum Gasteiger partial charge on any atom is -0.298 e. The highest BCUT2D eigenvalue weighted by molar-refractivity contribution is 4.80. The molecule has 0 saturated carbocycles. The molecule has 0 N–H and O–H groups in total. The topological polar surface area (TPSA) is 3.24 Å². The van der Waals surface area contributed by atoms with E-state index < -0.39 is 0 Å². The zero-order chi connectivity index (χ0) is 16.7. The summed E-state index contributed by atoms with van der Waals surface area (Å²) in [5.74, 6) is 0. The van der Waals surface area contributed by atoms with Crippen LogP contribution in [0.15, 0.2) is 0 Å². The zero-order valence-corrected chi connectivity index (χ0v) is 16.6. The standard InChI is InChI=1S/C21H45N/c1-6-9-11-13-15-17-19-22(21(4,5)8-3)20-18-16-14-12-10-7-2/h6-20H2,1-5H3. The van der Waals surface area contributed by atoms with Crippen molar-refractivity contribution in [3.8, 4) is 0 Å². The summed E-state index contributed by atoms with van der Waals surface area (Å²) < 4.78 is 0. The maximum Gasteiger partial charge on any atom is 0.0150 e. The maximum absolute atomic E-state index is 2.77. The molecule has 0 fully saturated rings. The van der Waals surface area contributed by atoms with Gasteiger partial charge in [-0.2, -0.15) is 0 Å². The number of nitrogens with zero attached hydrogens (tertiary/aromatic N) is 1. The van der Waals surface area contributed by atoms with Gasteiger partial charge in [-0.15, -0.1) is 0 Å². The lowest BCUT2D eigenvalue weighted by Gasteiger charge is -2.38. The summed E-state index contributed by atoms with van der Waals surface area (Å²) in [5.41, 5.74) is 0.382. The summed E-state index contributed by atoms with van der Waals surface area (Å²) in [5, 5.41) is 0. The molecule has 0 aromatic rings.